The van der Waals surface area contributed by atoms with E-state index in [9.17, 15) is 4.79 Å². The summed E-state index contributed by atoms with van der Waals surface area (Å²) in [5.74, 6) is 1.54. The second-order valence-corrected chi connectivity index (χ2v) is 7.12. The summed E-state index contributed by atoms with van der Waals surface area (Å²) in [4.78, 5) is 12.8. The molecule has 0 saturated heterocycles. The Morgan fingerprint density at radius 2 is 1.81 bits per heavy atom. The first-order valence-corrected chi connectivity index (χ1v) is 9.39. The van der Waals surface area contributed by atoms with Crippen LogP contribution in [-0.4, -0.2) is 27.9 Å². The number of nitrogens with zero attached hydrogens (tertiary/aromatic N) is 2. The van der Waals surface area contributed by atoms with Gasteiger partial charge in [-0.1, -0.05) is 46.3 Å². The molecule has 2 heterocycles. The van der Waals surface area contributed by atoms with Crippen molar-refractivity contribution in [1.29, 1.82) is 0 Å². The molecule has 138 valence electrons. The van der Waals surface area contributed by atoms with E-state index in [4.69, 9.17) is 9.47 Å². The molecule has 7 heteroatoms. The van der Waals surface area contributed by atoms with Gasteiger partial charge in [-0.05, 0) is 30.7 Å². The van der Waals surface area contributed by atoms with Crippen molar-refractivity contribution in [2.45, 2.75) is 25.7 Å². The zero-order chi connectivity index (χ0) is 18.8. The van der Waals surface area contributed by atoms with E-state index in [1.165, 1.54) is 0 Å². The van der Waals surface area contributed by atoms with Gasteiger partial charge in [-0.15, -0.1) is 0 Å². The van der Waals surface area contributed by atoms with Crippen LogP contribution in [0.3, 0.4) is 0 Å². The molecular formula is C20H18BrN3O3. The van der Waals surface area contributed by atoms with Gasteiger partial charge in [0.25, 0.3) is 5.91 Å². The number of ether oxygens (including phenoxy) is 2. The summed E-state index contributed by atoms with van der Waals surface area (Å²) in [5, 5.41) is 7.22. The summed E-state index contributed by atoms with van der Waals surface area (Å²) < 4.78 is 14.4. The first kappa shape index (κ1) is 17.6. The molecule has 0 fully saturated rings. The Morgan fingerprint density at radius 1 is 1.11 bits per heavy atom. The molecule has 4 rings (SSSR count). The van der Waals surface area contributed by atoms with Gasteiger partial charge in [0, 0.05) is 10.5 Å². The number of para-hydroxylation sites is 2. The summed E-state index contributed by atoms with van der Waals surface area (Å²) in [7, 11) is 0. The Hall–Kier alpha value is -2.80. The van der Waals surface area contributed by atoms with Crippen molar-refractivity contribution in [3.63, 3.8) is 0 Å². The number of benzene rings is 2. The second-order valence-electron chi connectivity index (χ2n) is 6.26. The summed E-state index contributed by atoms with van der Waals surface area (Å²) in [6, 6.07) is 17.0. The Bertz CT molecular complexity index is 972. The van der Waals surface area contributed by atoms with Crippen molar-refractivity contribution in [3.8, 4) is 11.5 Å². The zero-order valence-corrected chi connectivity index (χ0v) is 16.2. The Morgan fingerprint density at radius 3 is 2.59 bits per heavy atom. The van der Waals surface area contributed by atoms with Crippen LogP contribution in [-0.2, 0) is 11.3 Å². The average molecular weight is 428 g/mol. The predicted octanol–water partition coefficient (Wildman–Crippen LogP) is 3.86. The number of carbonyl (C=O) groups excluding carboxylic acids is 1. The fourth-order valence-corrected chi connectivity index (χ4v) is 3.37. The van der Waals surface area contributed by atoms with Gasteiger partial charge in [0.05, 0.1) is 12.7 Å². The third kappa shape index (κ3) is 3.68. The van der Waals surface area contributed by atoms with Gasteiger partial charge < -0.3 is 14.8 Å². The monoisotopic (exact) mass is 427 g/mol. The lowest BCUT2D eigenvalue weighted by Crippen LogP contribution is -2.46. The number of nitrogens with one attached hydrogen (secondary N) is 1. The standard InChI is InChI=1S/C20H18BrN3O3/c1-13-19(27-17-9-5-4-8-16(17)26-13)20(25)23-18-10-11-22-24(18)12-14-6-2-3-7-15(14)21/h2-11,13,19H,12H2,1H3,(H,23,25). The fraction of sp³-hybridized carbons (Fsp3) is 0.200. The van der Waals surface area contributed by atoms with Gasteiger partial charge in [-0.3, -0.25) is 4.79 Å². The Labute approximate surface area is 165 Å². The number of carbonyl (C=O) groups is 1. The van der Waals surface area contributed by atoms with E-state index in [1.807, 2.05) is 49.4 Å². The molecule has 0 spiro atoms. The van der Waals surface area contributed by atoms with Crippen LogP contribution in [0.1, 0.15) is 12.5 Å². The highest BCUT2D eigenvalue weighted by Crippen LogP contribution is 2.33. The van der Waals surface area contributed by atoms with Crippen LogP contribution in [0.15, 0.2) is 65.3 Å². The highest BCUT2D eigenvalue weighted by molar-refractivity contribution is 9.10. The summed E-state index contributed by atoms with van der Waals surface area (Å²) in [5.41, 5.74) is 1.07. The maximum Gasteiger partial charge on any atom is 0.270 e. The molecule has 3 aromatic rings. The SMILES string of the molecule is CC1Oc2ccccc2OC1C(=O)Nc1ccnn1Cc1ccccc1Br. The molecule has 6 nitrogen and oxygen atoms in total. The van der Waals surface area contributed by atoms with E-state index < -0.39 is 12.2 Å². The summed E-state index contributed by atoms with van der Waals surface area (Å²) in [6.07, 6.45) is 0.509. The lowest BCUT2D eigenvalue weighted by molar-refractivity contribution is -0.128. The van der Waals surface area contributed by atoms with Crippen molar-refractivity contribution in [3.05, 3.63) is 70.8 Å². The van der Waals surface area contributed by atoms with Crippen LogP contribution in [0.25, 0.3) is 0 Å². The van der Waals surface area contributed by atoms with Crippen molar-refractivity contribution in [2.24, 2.45) is 0 Å². The molecule has 0 saturated carbocycles. The first-order chi connectivity index (χ1) is 13.1. The molecule has 0 aliphatic carbocycles. The van der Waals surface area contributed by atoms with E-state index in [2.05, 4.69) is 26.3 Å². The third-order valence-corrected chi connectivity index (χ3v) is 5.12. The molecule has 1 N–H and O–H groups in total. The fourth-order valence-electron chi connectivity index (χ4n) is 2.96. The molecule has 27 heavy (non-hydrogen) atoms. The van der Waals surface area contributed by atoms with E-state index in [0.717, 1.165) is 10.0 Å². The highest BCUT2D eigenvalue weighted by atomic mass is 79.9. The molecule has 0 radical (unpaired) electrons. The molecule has 2 unspecified atom stereocenters. The van der Waals surface area contributed by atoms with Crippen LogP contribution in [0.4, 0.5) is 5.82 Å². The minimum atomic E-state index is -0.744. The lowest BCUT2D eigenvalue weighted by atomic mass is 10.1. The molecular weight excluding hydrogens is 410 g/mol. The van der Waals surface area contributed by atoms with Crippen LogP contribution >= 0.6 is 15.9 Å². The van der Waals surface area contributed by atoms with Crippen LogP contribution in [0.5, 0.6) is 11.5 Å². The normalized spacial score (nSPS) is 18.1. The molecule has 1 aromatic heterocycles. The van der Waals surface area contributed by atoms with E-state index in [0.29, 0.717) is 23.9 Å². The molecule has 1 aliphatic rings. The number of aromatic nitrogens is 2. The lowest BCUT2D eigenvalue weighted by Gasteiger charge is -2.31. The van der Waals surface area contributed by atoms with Crippen molar-refractivity contribution >= 4 is 27.7 Å². The quantitative estimate of drug-likeness (QED) is 0.686. The van der Waals surface area contributed by atoms with Crippen LogP contribution < -0.4 is 14.8 Å². The third-order valence-electron chi connectivity index (χ3n) is 4.35. The topological polar surface area (TPSA) is 65.4 Å². The van der Waals surface area contributed by atoms with Crippen LogP contribution in [0.2, 0.25) is 0 Å². The molecule has 1 aliphatic heterocycles. The molecule has 1 amide bonds. The van der Waals surface area contributed by atoms with Gasteiger partial charge in [-0.2, -0.15) is 5.10 Å². The van der Waals surface area contributed by atoms with Gasteiger partial charge in [0.2, 0.25) is 6.10 Å². The van der Waals surface area contributed by atoms with E-state index in [-0.39, 0.29) is 5.91 Å². The molecule has 2 atom stereocenters. The predicted molar refractivity (Wildman–Crippen MR) is 105 cm³/mol. The Balaban J connectivity index is 1.50. The number of hydrogen-bond acceptors (Lipinski definition) is 4. The molecule has 2 aromatic carbocycles. The van der Waals surface area contributed by atoms with E-state index in [1.54, 1.807) is 23.0 Å². The van der Waals surface area contributed by atoms with Crippen molar-refractivity contribution < 1.29 is 14.3 Å². The number of hydrogen-bond donors (Lipinski definition) is 1. The minimum absolute atomic E-state index is 0.272. The number of rotatable bonds is 4. The van der Waals surface area contributed by atoms with Gasteiger partial charge >= 0.3 is 0 Å². The number of amides is 1. The average Bonchev–Trinajstić information content (AvgIpc) is 3.09. The second kappa shape index (κ2) is 7.44. The van der Waals surface area contributed by atoms with Crippen molar-refractivity contribution in [1.82, 2.24) is 9.78 Å². The zero-order valence-electron chi connectivity index (χ0n) is 14.6. The maximum absolute atomic E-state index is 12.8. The van der Waals surface area contributed by atoms with Gasteiger partial charge in [-0.25, -0.2) is 4.68 Å². The Kier molecular flexibility index (Phi) is 4.85. The smallest absolute Gasteiger partial charge is 0.270 e. The van der Waals surface area contributed by atoms with Crippen LogP contribution in [0, 0.1) is 0 Å². The first-order valence-electron chi connectivity index (χ1n) is 8.60. The van der Waals surface area contributed by atoms with E-state index >= 15 is 0 Å². The van der Waals surface area contributed by atoms with Gasteiger partial charge in [0.15, 0.2) is 11.5 Å². The number of fused-ring (bicyclic) bond motifs is 1. The largest absolute Gasteiger partial charge is 0.482 e. The minimum Gasteiger partial charge on any atom is -0.482 e. The maximum atomic E-state index is 12.8. The molecule has 0 bridgehead atoms. The number of anilines is 1. The summed E-state index contributed by atoms with van der Waals surface area (Å²) in [6.45, 7) is 2.35. The highest BCUT2D eigenvalue weighted by Gasteiger charge is 2.34. The van der Waals surface area contributed by atoms with Crippen molar-refractivity contribution in [2.75, 3.05) is 5.32 Å². The summed E-state index contributed by atoms with van der Waals surface area (Å²) >= 11 is 3.54. The van der Waals surface area contributed by atoms with Gasteiger partial charge in [0.1, 0.15) is 11.9 Å². The number of halogens is 1.